The molecule has 0 aliphatic heterocycles. The van der Waals surface area contributed by atoms with Gasteiger partial charge in [-0.25, -0.2) is 4.98 Å². The van der Waals surface area contributed by atoms with E-state index < -0.39 is 0 Å². The quantitative estimate of drug-likeness (QED) is 0.417. The van der Waals surface area contributed by atoms with Gasteiger partial charge in [-0.3, -0.25) is 4.79 Å². The number of rotatable bonds is 8. The second-order valence-corrected chi connectivity index (χ2v) is 9.54. The minimum atomic E-state index is -0.221. The van der Waals surface area contributed by atoms with E-state index in [1.54, 1.807) is 6.20 Å². The molecule has 1 aliphatic carbocycles. The van der Waals surface area contributed by atoms with E-state index >= 15 is 0 Å². The van der Waals surface area contributed by atoms with Crippen molar-refractivity contribution in [1.29, 1.82) is 0 Å². The number of carbonyl (C=O) groups is 1. The molecule has 1 unspecified atom stereocenters. The van der Waals surface area contributed by atoms with Crippen molar-refractivity contribution in [3.05, 3.63) is 82.9 Å². The summed E-state index contributed by atoms with van der Waals surface area (Å²) >= 11 is 0. The summed E-state index contributed by atoms with van der Waals surface area (Å²) in [5.41, 5.74) is 5.37. The fraction of sp³-hybridized carbons (Fsp3) is 0.429. The minimum absolute atomic E-state index is 0.166. The molecular weight excluding hydrogens is 412 g/mol. The van der Waals surface area contributed by atoms with Gasteiger partial charge in [-0.1, -0.05) is 44.2 Å². The fourth-order valence-corrected chi connectivity index (χ4v) is 4.84. The van der Waals surface area contributed by atoms with E-state index in [4.69, 9.17) is 9.47 Å². The summed E-state index contributed by atoms with van der Waals surface area (Å²) < 4.78 is 13.3. The van der Waals surface area contributed by atoms with Crippen LogP contribution in [-0.4, -0.2) is 22.1 Å². The molecule has 2 aromatic carbocycles. The van der Waals surface area contributed by atoms with Crippen molar-refractivity contribution in [2.45, 2.75) is 64.4 Å². The van der Waals surface area contributed by atoms with Crippen molar-refractivity contribution in [3.8, 4) is 5.75 Å². The van der Waals surface area contributed by atoms with Crippen LogP contribution in [0.4, 0.5) is 0 Å². The van der Waals surface area contributed by atoms with Crippen molar-refractivity contribution >= 4 is 5.97 Å². The summed E-state index contributed by atoms with van der Waals surface area (Å²) in [6.45, 7) is 7.40. The maximum absolute atomic E-state index is 12.2. The smallest absolute Gasteiger partial charge is 0.306 e. The molecule has 33 heavy (non-hydrogen) atoms. The summed E-state index contributed by atoms with van der Waals surface area (Å²) in [4.78, 5) is 16.7. The topological polar surface area (TPSA) is 53.4 Å². The predicted molar refractivity (Wildman–Crippen MR) is 129 cm³/mol. The summed E-state index contributed by atoms with van der Waals surface area (Å²) in [6, 6.07) is 14.8. The van der Waals surface area contributed by atoms with E-state index in [9.17, 15) is 4.79 Å². The summed E-state index contributed by atoms with van der Waals surface area (Å²) in [5, 5.41) is 0. The molecule has 1 heterocycles. The Morgan fingerprint density at radius 1 is 1.18 bits per heavy atom. The van der Waals surface area contributed by atoms with Crippen molar-refractivity contribution < 1.29 is 14.3 Å². The van der Waals surface area contributed by atoms with Gasteiger partial charge in [-0.2, -0.15) is 0 Å². The van der Waals surface area contributed by atoms with Crippen molar-refractivity contribution in [3.63, 3.8) is 0 Å². The van der Waals surface area contributed by atoms with E-state index in [1.807, 2.05) is 49.0 Å². The zero-order chi connectivity index (χ0) is 23.4. The number of imidazole rings is 1. The molecule has 1 aliphatic rings. The third kappa shape index (κ3) is 5.29. The molecule has 1 atom stereocenters. The molecule has 0 spiro atoms. The SMILES string of the molecule is CCOC(=O)CC(c1ccc(OCc2ccc3c(c2)C(C)(C)CCC3)cc1)c1nccn1C. The third-order valence-electron chi connectivity index (χ3n) is 6.69. The summed E-state index contributed by atoms with van der Waals surface area (Å²) in [7, 11) is 1.94. The molecule has 174 valence electrons. The van der Waals surface area contributed by atoms with Gasteiger partial charge in [-0.15, -0.1) is 0 Å². The second-order valence-electron chi connectivity index (χ2n) is 9.54. The number of ether oxygens (including phenoxy) is 2. The fourth-order valence-electron chi connectivity index (χ4n) is 4.84. The molecule has 0 saturated carbocycles. The van der Waals surface area contributed by atoms with Gasteiger partial charge in [0.2, 0.25) is 0 Å². The monoisotopic (exact) mass is 446 g/mol. The Bertz CT molecular complexity index is 1100. The van der Waals surface area contributed by atoms with E-state index in [-0.39, 0.29) is 23.7 Å². The van der Waals surface area contributed by atoms with Gasteiger partial charge in [-0.05, 0) is 66.0 Å². The van der Waals surface area contributed by atoms with Gasteiger partial charge in [0.05, 0.1) is 18.9 Å². The van der Waals surface area contributed by atoms with Crippen LogP contribution in [-0.2, 0) is 35.0 Å². The number of nitrogens with zero attached hydrogens (tertiary/aromatic N) is 2. The lowest BCUT2D eigenvalue weighted by atomic mass is 9.72. The van der Waals surface area contributed by atoms with Crippen molar-refractivity contribution in [2.24, 2.45) is 7.05 Å². The maximum atomic E-state index is 12.2. The number of aryl methyl sites for hydroxylation is 2. The Labute approximate surface area is 196 Å². The summed E-state index contributed by atoms with van der Waals surface area (Å²) in [6.07, 6.45) is 7.57. The molecule has 4 rings (SSSR count). The zero-order valence-electron chi connectivity index (χ0n) is 20.1. The number of fused-ring (bicyclic) bond motifs is 1. The first kappa shape index (κ1) is 23.1. The number of benzene rings is 2. The highest BCUT2D eigenvalue weighted by atomic mass is 16.5. The largest absolute Gasteiger partial charge is 0.489 e. The van der Waals surface area contributed by atoms with Crippen LogP contribution in [0.2, 0.25) is 0 Å². The van der Waals surface area contributed by atoms with Gasteiger partial charge in [0, 0.05) is 19.4 Å². The predicted octanol–water partition coefficient (Wildman–Crippen LogP) is 5.70. The van der Waals surface area contributed by atoms with Gasteiger partial charge in [0.1, 0.15) is 18.2 Å². The maximum Gasteiger partial charge on any atom is 0.306 e. The Balaban J connectivity index is 1.47. The average molecular weight is 447 g/mol. The molecule has 5 heteroatoms. The average Bonchev–Trinajstić information content (AvgIpc) is 3.22. The molecule has 0 N–H and O–H groups in total. The van der Waals surface area contributed by atoms with E-state index in [0.29, 0.717) is 13.2 Å². The van der Waals surface area contributed by atoms with Gasteiger partial charge in [0.15, 0.2) is 0 Å². The molecular formula is C28H34N2O3. The Morgan fingerprint density at radius 3 is 2.67 bits per heavy atom. The normalized spacial score (nSPS) is 15.5. The lowest BCUT2D eigenvalue weighted by Crippen LogP contribution is -2.24. The highest BCUT2D eigenvalue weighted by Crippen LogP contribution is 2.37. The van der Waals surface area contributed by atoms with E-state index in [2.05, 4.69) is 37.0 Å². The van der Waals surface area contributed by atoms with Crippen molar-refractivity contribution in [2.75, 3.05) is 6.61 Å². The molecule has 0 fully saturated rings. The van der Waals surface area contributed by atoms with E-state index in [0.717, 1.165) is 17.1 Å². The number of aromatic nitrogens is 2. The zero-order valence-corrected chi connectivity index (χ0v) is 20.1. The number of esters is 1. The Hall–Kier alpha value is -3.08. The second kappa shape index (κ2) is 9.82. The first-order chi connectivity index (χ1) is 15.9. The molecule has 0 amide bonds. The first-order valence-corrected chi connectivity index (χ1v) is 11.9. The molecule has 0 saturated heterocycles. The number of hydrogen-bond acceptors (Lipinski definition) is 4. The van der Waals surface area contributed by atoms with Crippen LogP contribution in [0.1, 0.15) is 74.0 Å². The Morgan fingerprint density at radius 2 is 1.97 bits per heavy atom. The van der Waals surface area contributed by atoms with E-state index in [1.165, 1.54) is 36.0 Å². The van der Waals surface area contributed by atoms with Crippen LogP contribution < -0.4 is 4.74 Å². The molecule has 3 aromatic rings. The Kier molecular flexibility index (Phi) is 6.87. The van der Waals surface area contributed by atoms with Crippen LogP contribution in [0.25, 0.3) is 0 Å². The van der Waals surface area contributed by atoms with Crippen LogP contribution in [0.5, 0.6) is 5.75 Å². The standard InChI is InChI=1S/C28H34N2O3/c1-5-32-26(31)18-24(27-29-15-16-30(27)4)21-10-12-23(13-11-21)33-19-20-8-9-22-7-6-14-28(2,3)25(22)17-20/h8-13,15-17,24H,5-7,14,18-19H2,1-4H3. The van der Waals surface area contributed by atoms with Crippen molar-refractivity contribution in [1.82, 2.24) is 9.55 Å². The number of hydrogen-bond donors (Lipinski definition) is 0. The third-order valence-corrected chi connectivity index (χ3v) is 6.69. The first-order valence-electron chi connectivity index (χ1n) is 11.9. The van der Waals surface area contributed by atoms with Crippen LogP contribution >= 0.6 is 0 Å². The van der Waals surface area contributed by atoms with Crippen LogP contribution in [0, 0.1) is 0 Å². The molecule has 5 nitrogen and oxygen atoms in total. The number of carbonyl (C=O) groups excluding carboxylic acids is 1. The van der Waals surface area contributed by atoms with Crippen LogP contribution in [0.3, 0.4) is 0 Å². The summed E-state index contributed by atoms with van der Waals surface area (Å²) in [5.74, 6) is 1.26. The molecule has 0 bridgehead atoms. The van der Waals surface area contributed by atoms with Gasteiger partial charge < -0.3 is 14.0 Å². The highest BCUT2D eigenvalue weighted by molar-refractivity contribution is 5.71. The minimum Gasteiger partial charge on any atom is -0.489 e. The molecule has 1 aromatic heterocycles. The highest BCUT2D eigenvalue weighted by Gasteiger charge is 2.27. The van der Waals surface area contributed by atoms with Crippen LogP contribution in [0.15, 0.2) is 54.9 Å². The van der Waals surface area contributed by atoms with Gasteiger partial charge in [0.25, 0.3) is 0 Å². The van der Waals surface area contributed by atoms with Gasteiger partial charge >= 0.3 is 5.97 Å². The lowest BCUT2D eigenvalue weighted by molar-refractivity contribution is -0.143. The lowest BCUT2D eigenvalue weighted by Gasteiger charge is -2.33. The molecule has 0 radical (unpaired) electrons.